The smallest absolute Gasteiger partial charge is 0.272 e. The summed E-state index contributed by atoms with van der Waals surface area (Å²) in [5.74, 6) is 0. The van der Waals surface area contributed by atoms with Gasteiger partial charge in [0.2, 0.25) is 0 Å². The highest BCUT2D eigenvalue weighted by Crippen LogP contribution is 2.14. The van der Waals surface area contributed by atoms with Crippen molar-refractivity contribution in [3.05, 3.63) is 26.6 Å². The van der Waals surface area contributed by atoms with E-state index in [9.17, 15) is 4.79 Å². The summed E-state index contributed by atoms with van der Waals surface area (Å²) in [4.78, 5) is 17.7. The Morgan fingerprint density at radius 2 is 2.26 bits per heavy atom. The lowest BCUT2D eigenvalue weighted by atomic mass is 10.3. The molecule has 0 saturated carbocycles. The van der Waals surface area contributed by atoms with Crippen LogP contribution in [-0.2, 0) is 6.54 Å². The zero-order valence-electron chi connectivity index (χ0n) is 11.5. The van der Waals surface area contributed by atoms with Gasteiger partial charge in [0.05, 0.1) is 5.52 Å². The van der Waals surface area contributed by atoms with Gasteiger partial charge < -0.3 is 9.88 Å². The molecule has 0 bridgehead atoms. The van der Waals surface area contributed by atoms with E-state index in [1.54, 1.807) is 4.57 Å². The summed E-state index contributed by atoms with van der Waals surface area (Å²) in [6, 6.07) is 2.42. The van der Waals surface area contributed by atoms with E-state index in [0.29, 0.717) is 17.4 Å². The SMILES string of the molecule is CC(C)N(C)CCCn1c(=S)[nH]c2ccsc2c1=O. The second-order valence-electron chi connectivity index (χ2n) is 4.98. The van der Waals surface area contributed by atoms with Gasteiger partial charge in [-0.1, -0.05) is 0 Å². The van der Waals surface area contributed by atoms with Gasteiger partial charge in [-0.05, 0) is 57.5 Å². The molecular formula is C13H19N3OS2. The van der Waals surface area contributed by atoms with Crippen molar-refractivity contribution in [2.24, 2.45) is 0 Å². The van der Waals surface area contributed by atoms with E-state index in [1.165, 1.54) is 11.3 Å². The Labute approximate surface area is 121 Å². The number of nitrogens with zero attached hydrogens (tertiary/aromatic N) is 2. The number of aromatic amines is 1. The normalized spacial score (nSPS) is 11.8. The maximum absolute atomic E-state index is 12.3. The summed E-state index contributed by atoms with van der Waals surface area (Å²) in [7, 11) is 2.09. The average molecular weight is 297 g/mol. The Morgan fingerprint density at radius 3 is 2.95 bits per heavy atom. The minimum absolute atomic E-state index is 0.0287. The van der Waals surface area contributed by atoms with Crippen molar-refractivity contribution in [3.63, 3.8) is 0 Å². The first kappa shape index (κ1) is 14.4. The fourth-order valence-electron chi connectivity index (χ4n) is 1.91. The van der Waals surface area contributed by atoms with Crippen LogP contribution >= 0.6 is 23.6 Å². The van der Waals surface area contributed by atoms with Crippen LogP contribution in [0.1, 0.15) is 20.3 Å². The molecule has 2 aromatic heterocycles. The minimum Gasteiger partial charge on any atom is -0.331 e. The van der Waals surface area contributed by atoms with Crippen molar-refractivity contribution in [2.75, 3.05) is 13.6 Å². The molecule has 4 nitrogen and oxygen atoms in total. The molecule has 6 heteroatoms. The number of hydrogen-bond donors (Lipinski definition) is 1. The molecule has 0 atom stereocenters. The number of nitrogens with one attached hydrogen (secondary N) is 1. The largest absolute Gasteiger partial charge is 0.331 e. The topological polar surface area (TPSA) is 41.0 Å². The lowest BCUT2D eigenvalue weighted by molar-refractivity contribution is 0.265. The third-order valence-corrected chi connectivity index (χ3v) is 4.59. The highest BCUT2D eigenvalue weighted by molar-refractivity contribution is 7.71. The summed E-state index contributed by atoms with van der Waals surface area (Å²) in [5.41, 5.74) is 0.872. The Morgan fingerprint density at radius 1 is 1.53 bits per heavy atom. The van der Waals surface area contributed by atoms with Crippen LogP contribution in [0.4, 0.5) is 0 Å². The van der Waals surface area contributed by atoms with E-state index < -0.39 is 0 Å². The number of aromatic nitrogens is 2. The molecule has 0 radical (unpaired) electrons. The zero-order chi connectivity index (χ0) is 14.0. The molecule has 0 aliphatic rings. The first-order chi connectivity index (χ1) is 9.00. The molecule has 104 valence electrons. The molecule has 0 aliphatic carbocycles. The van der Waals surface area contributed by atoms with Gasteiger partial charge in [-0.15, -0.1) is 11.3 Å². The predicted octanol–water partition coefficient (Wildman–Crippen LogP) is 2.85. The van der Waals surface area contributed by atoms with Crippen molar-refractivity contribution in [2.45, 2.75) is 32.9 Å². The van der Waals surface area contributed by atoms with Crippen LogP contribution in [-0.4, -0.2) is 34.1 Å². The first-order valence-electron chi connectivity index (χ1n) is 6.41. The molecule has 2 aromatic rings. The fraction of sp³-hybridized carbons (Fsp3) is 0.538. The highest BCUT2D eigenvalue weighted by atomic mass is 32.1. The monoisotopic (exact) mass is 297 g/mol. The molecule has 2 heterocycles. The highest BCUT2D eigenvalue weighted by Gasteiger charge is 2.07. The third-order valence-electron chi connectivity index (χ3n) is 3.37. The van der Waals surface area contributed by atoms with E-state index in [4.69, 9.17) is 12.2 Å². The van der Waals surface area contributed by atoms with Gasteiger partial charge in [0.25, 0.3) is 5.56 Å². The molecule has 19 heavy (non-hydrogen) atoms. The van der Waals surface area contributed by atoms with Gasteiger partial charge in [0, 0.05) is 12.6 Å². The average Bonchev–Trinajstić information content (AvgIpc) is 2.81. The van der Waals surface area contributed by atoms with E-state index in [2.05, 4.69) is 30.8 Å². The molecule has 0 aliphatic heterocycles. The summed E-state index contributed by atoms with van der Waals surface area (Å²) in [6.45, 7) is 5.95. The lowest BCUT2D eigenvalue weighted by Crippen LogP contribution is -2.29. The quantitative estimate of drug-likeness (QED) is 0.863. The Hall–Kier alpha value is -0.980. The number of H-pyrrole nitrogens is 1. The van der Waals surface area contributed by atoms with Crippen LogP contribution < -0.4 is 5.56 Å². The standard InChI is InChI=1S/C13H19N3OS2/c1-9(2)15(3)6-4-7-16-12(17)11-10(5-8-19-11)14-13(16)18/h5,8-9H,4,6-7H2,1-3H3,(H,14,18). The zero-order valence-corrected chi connectivity index (χ0v) is 13.1. The fourth-order valence-corrected chi connectivity index (χ4v) is 2.99. The number of hydrogen-bond acceptors (Lipinski definition) is 4. The van der Waals surface area contributed by atoms with Crippen LogP contribution in [0.3, 0.4) is 0 Å². The molecular weight excluding hydrogens is 278 g/mol. The summed E-state index contributed by atoms with van der Waals surface area (Å²) in [5, 5.41) is 1.91. The Bertz CT molecular complexity index is 668. The minimum atomic E-state index is 0.0287. The van der Waals surface area contributed by atoms with E-state index in [1.807, 2.05) is 11.4 Å². The maximum atomic E-state index is 12.3. The summed E-state index contributed by atoms with van der Waals surface area (Å²) < 4.78 is 2.94. The molecule has 0 amide bonds. The molecule has 0 aromatic carbocycles. The van der Waals surface area contributed by atoms with Crippen LogP contribution in [0.5, 0.6) is 0 Å². The molecule has 0 unspecified atom stereocenters. The van der Waals surface area contributed by atoms with Crippen LogP contribution in [0.15, 0.2) is 16.2 Å². The van der Waals surface area contributed by atoms with Gasteiger partial charge in [0.15, 0.2) is 4.77 Å². The van der Waals surface area contributed by atoms with E-state index >= 15 is 0 Å². The summed E-state index contributed by atoms with van der Waals surface area (Å²) in [6.07, 6.45) is 0.920. The Balaban J connectivity index is 2.17. The molecule has 0 fully saturated rings. The van der Waals surface area contributed by atoms with Gasteiger partial charge in [0.1, 0.15) is 4.70 Å². The van der Waals surface area contributed by atoms with E-state index in [0.717, 1.165) is 23.2 Å². The molecule has 2 rings (SSSR count). The first-order valence-corrected chi connectivity index (χ1v) is 7.70. The van der Waals surface area contributed by atoms with Crippen molar-refractivity contribution in [1.82, 2.24) is 14.5 Å². The van der Waals surface area contributed by atoms with Gasteiger partial charge in [-0.3, -0.25) is 9.36 Å². The van der Waals surface area contributed by atoms with Crippen LogP contribution in [0, 0.1) is 4.77 Å². The van der Waals surface area contributed by atoms with E-state index in [-0.39, 0.29) is 5.56 Å². The number of thiophene rings is 1. The van der Waals surface area contributed by atoms with Gasteiger partial charge >= 0.3 is 0 Å². The number of fused-ring (bicyclic) bond motifs is 1. The van der Waals surface area contributed by atoms with Crippen molar-refractivity contribution in [1.29, 1.82) is 0 Å². The van der Waals surface area contributed by atoms with Gasteiger partial charge in [-0.25, -0.2) is 0 Å². The van der Waals surface area contributed by atoms with Crippen LogP contribution in [0.25, 0.3) is 10.2 Å². The third kappa shape index (κ3) is 3.13. The second-order valence-corrected chi connectivity index (χ2v) is 6.28. The Kier molecular flexibility index (Phi) is 4.54. The van der Waals surface area contributed by atoms with Crippen LogP contribution in [0.2, 0.25) is 0 Å². The molecule has 1 N–H and O–H groups in total. The molecule has 0 saturated heterocycles. The summed E-state index contributed by atoms with van der Waals surface area (Å²) >= 11 is 6.72. The second kappa shape index (κ2) is 5.98. The van der Waals surface area contributed by atoms with Crippen molar-refractivity contribution in [3.8, 4) is 0 Å². The molecule has 0 spiro atoms. The maximum Gasteiger partial charge on any atom is 0.272 e. The van der Waals surface area contributed by atoms with Crippen molar-refractivity contribution < 1.29 is 0 Å². The van der Waals surface area contributed by atoms with Crippen molar-refractivity contribution >= 4 is 33.8 Å². The lowest BCUT2D eigenvalue weighted by Gasteiger charge is -2.20. The van der Waals surface area contributed by atoms with Gasteiger partial charge in [-0.2, -0.15) is 0 Å². The predicted molar refractivity (Wildman–Crippen MR) is 83.7 cm³/mol. The number of rotatable bonds is 5.